The molecular formula is C20H22N2O3S. The van der Waals surface area contributed by atoms with E-state index in [1.165, 1.54) is 0 Å². The highest BCUT2D eigenvalue weighted by atomic mass is 32.1. The van der Waals surface area contributed by atoms with Gasteiger partial charge in [0.05, 0.1) is 18.2 Å². The number of carboxylic acid groups (broad SMARTS) is 1. The molecule has 1 unspecified atom stereocenters. The van der Waals surface area contributed by atoms with Crippen LogP contribution in [0.3, 0.4) is 0 Å². The molecule has 2 rings (SSSR count). The lowest BCUT2D eigenvalue weighted by atomic mass is 10.0. The lowest BCUT2D eigenvalue weighted by Gasteiger charge is -2.21. The van der Waals surface area contributed by atoms with Crippen molar-refractivity contribution >= 4 is 24.3 Å². The summed E-state index contributed by atoms with van der Waals surface area (Å²) in [6.45, 7) is 6.57. The van der Waals surface area contributed by atoms with Crippen LogP contribution in [0.5, 0.6) is 5.75 Å². The van der Waals surface area contributed by atoms with E-state index < -0.39 is 12.0 Å². The normalized spacial score (nSPS) is 11.7. The number of nitrogens with zero attached hydrogens (tertiary/aromatic N) is 1. The van der Waals surface area contributed by atoms with Crippen LogP contribution in [-0.2, 0) is 4.79 Å². The minimum Gasteiger partial charge on any atom is -0.493 e. The molecule has 0 heterocycles. The van der Waals surface area contributed by atoms with E-state index in [1.807, 2.05) is 13.0 Å². The third-order valence-corrected chi connectivity index (χ3v) is 4.46. The molecule has 0 aromatic heterocycles. The number of carboxylic acids is 1. The molecule has 0 saturated heterocycles. The highest BCUT2D eigenvalue weighted by molar-refractivity contribution is 7.80. The van der Waals surface area contributed by atoms with E-state index in [4.69, 9.17) is 10.00 Å². The number of benzene rings is 2. The summed E-state index contributed by atoms with van der Waals surface area (Å²) in [5.41, 5.74) is 2.49. The first-order valence-electron chi connectivity index (χ1n) is 8.28. The average Bonchev–Trinajstić information content (AvgIpc) is 2.61. The summed E-state index contributed by atoms with van der Waals surface area (Å²) in [6.07, 6.45) is 0. The lowest BCUT2D eigenvalue weighted by molar-refractivity contribution is -0.138. The van der Waals surface area contributed by atoms with Gasteiger partial charge in [-0.25, -0.2) is 4.79 Å². The first-order chi connectivity index (χ1) is 12.3. The number of hydrogen-bond donors (Lipinski definition) is 3. The molecule has 26 heavy (non-hydrogen) atoms. The number of rotatable bonds is 7. The molecular weight excluding hydrogens is 348 g/mol. The maximum absolute atomic E-state index is 11.8. The zero-order chi connectivity index (χ0) is 19.3. The minimum atomic E-state index is -1.01. The van der Waals surface area contributed by atoms with E-state index in [9.17, 15) is 9.90 Å². The molecule has 0 bridgehead atoms. The molecule has 1 atom stereocenters. The van der Waals surface area contributed by atoms with Crippen LogP contribution in [0.1, 0.15) is 36.6 Å². The maximum atomic E-state index is 11.8. The fourth-order valence-corrected chi connectivity index (χ4v) is 2.74. The molecule has 2 aromatic carbocycles. The Morgan fingerprint density at radius 2 is 1.92 bits per heavy atom. The number of anilines is 1. The zero-order valence-corrected chi connectivity index (χ0v) is 15.9. The Morgan fingerprint density at radius 1 is 1.27 bits per heavy atom. The summed E-state index contributed by atoms with van der Waals surface area (Å²) in [7, 11) is 0. The SMILES string of the molecule is Cc1c(OCC(C)C)ccc(C(Nc2ccc(C#N)cc2)C(=O)O)c1S. The van der Waals surface area contributed by atoms with Gasteiger partial charge in [0.1, 0.15) is 5.75 Å². The molecule has 0 aliphatic rings. The van der Waals surface area contributed by atoms with Gasteiger partial charge in [0, 0.05) is 16.1 Å². The number of ether oxygens (including phenoxy) is 1. The number of thiol groups is 1. The van der Waals surface area contributed by atoms with E-state index in [2.05, 4.69) is 31.8 Å². The standard InChI is InChI=1S/C20H22N2O3S/c1-12(2)11-25-17-9-8-16(19(26)13(17)3)18(20(23)24)22-15-6-4-14(10-21)5-7-15/h4-9,12,18,22,26H,11H2,1-3H3,(H,23,24). The van der Waals surface area contributed by atoms with Gasteiger partial charge in [-0.2, -0.15) is 5.26 Å². The van der Waals surface area contributed by atoms with Crippen LogP contribution in [0.4, 0.5) is 5.69 Å². The van der Waals surface area contributed by atoms with Crippen molar-refractivity contribution in [3.05, 3.63) is 53.1 Å². The van der Waals surface area contributed by atoms with Crippen molar-refractivity contribution in [2.24, 2.45) is 5.92 Å². The largest absolute Gasteiger partial charge is 0.493 e. The predicted octanol–water partition coefficient (Wildman–Crippen LogP) is 4.43. The van der Waals surface area contributed by atoms with Crippen LogP contribution in [-0.4, -0.2) is 17.7 Å². The Bertz CT molecular complexity index is 826. The molecule has 0 aliphatic heterocycles. The molecule has 2 aromatic rings. The lowest BCUT2D eigenvalue weighted by Crippen LogP contribution is -2.21. The molecule has 0 saturated carbocycles. The molecule has 0 spiro atoms. The highest BCUT2D eigenvalue weighted by Crippen LogP contribution is 2.33. The summed E-state index contributed by atoms with van der Waals surface area (Å²) < 4.78 is 5.77. The van der Waals surface area contributed by atoms with Crippen LogP contribution < -0.4 is 10.1 Å². The number of carbonyl (C=O) groups is 1. The summed E-state index contributed by atoms with van der Waals surface area (Å²) >= 11 is 4.53. The zero-order valence-electron chi connectivity index (χ0n) is 15.0. The number of hydrogen-bond acceptors (Lipinski definition) is 5. The molecule has 0 amide bonds. The Morgan fingerprint density at radius 3 is 2.46 bits per heavy atom. The second-order valence-corrected chi connectivity index (χ2v) is 6.88. The van der Waals surface area contributed by atoms with Crippen LogP contribution in [0.25, 0.3) is 0 Å². The van der Waals surface area contributed by atoms with E-state index >= 15 is 0 Å². The van der Waals surface area contributed by atoms with Crippen molar-refractivity contribution in [3.8, 4) is 11.8 Å². The topological polar surface area (TPSA) is 82.3 Å². The fourth-order valence-electron chi connectivity index (χ4n) is 2.43. The molecule has 2 N–H and O–H groups in total. The first-order valence-corrected chi connectivity index (χ1v) is 8.73. The van der Waals surface area contributed by atoms with Crippen molar-refractivity contribution in [1.29, 1.82) is 5.26 Å². The Hall–Kier alpha value is -2.65. The van der Waals surface area contributed by atoms with Gasteiger partial charge >= 0.3 is 5.97 Å². The third-order valence-electron chi connectivity index (χ3n) is 3.87. The van der Waals surface area contributed by atoms with Crippen molar-refractivity contribution in [2.45, 2.75) is 31.7 Å². The van der Waals surface area contributed by atoms with Crippen LogP contribution in [0.2, 0.25) is 0 Å². The van der Waals surface area contributed by atoms with Crippen molar-refractivity contribution in [2.75, 3.05) is 11.9 Å². The molecule has 136 valence electrons. The first kappa shape index (κ1) is 19.7. The van der Waals surface area contributed by atoms with Crippen LogP contribution in [0.15, 0.2) is 41.3 Å². The highest BCUT2D eigenvalue weighted by Gasteiger charge is 2.24. The molecule has 0 fully saturated rings. The minimum absolute atomic E-state index is 0.391. The Balaban J connectivity index is 2.30. The van der Waals surface area contributed by atoms with Gasteiger partial charge in [-0.05, 0) is 48.7 Å². The van der Waals surface area contributed by atoms with Gasteiger partial charge < -0.3 is 15.2 Å². The average molecular weight is 370 g/mol. The van der Waals surface area contributed by atoms with E-state index in [-0.39, 0.29) is 0 Å². The smallest absolute Gasteiger partial charge is 0.330 e. The third kappa shape index (κ3) is 4.70. The second-order valence-electron chi connectivity index (χ2n) is 6.44. The molecule has 5 nitrogen and oxygen atoms in total. The fraction of sp³-hybridized carbons (Fsp3) is 0.300. The van der Waals surface area contributed by atoms with Crippen LogP contribution in [0, 0.1) is 24.2 Å². The summed E-state index contributed by atoms with van der Waals surface area (Å²) in [4.78, 5) is 12.4. The van der Waals surface area contributed by atoms with Crippen molar-refractivity contribution < 1.29 is 14.6 Å². The maximum Gasteiger partial charge on any atom is 0.330 e. The van der Waals surface area contributed by atoms with E-state index in [0.29, 0.717) is 40.0 Å². The van der Waals surface area contributed by atoms with Gasteiger partial charge in [0.2, 0.25) is 0 Å². The monoisotopic (exact) mass is 370 g/mol. The quantitative estimate of drug-likeness (QED) is 0.628. The van der Waals surface area contributed by atoms with Gasteiger partial charge in [-0.15, -0.1) is 12.6 Å². The van der Waals surface area contributed by atoms with E-state index in [1.54, 1.807) is 36.4 Å². The molecule has 6 heteroatoms. The van der Waals surface area contributed by atoms with Crippen molar-refractivity contribution in [1.82, 2.24) is 0 Å². The van der Waals surface area contributed by atoms with Gasteiger partial charge in [-0.3, -0.25) is 0 Å². The predicted molar refractivity (Wildman–Crippen MR) is 104 cm³/mol. The summed E-state index contributed by atoms with van der Waals surface area (Å²) in [6, 6.07) is 11.2. The number of aliphatic carboxylic acids is 1. The number of nitriles is 1. The Labute approximate surface area is 159 Å². The molecule has 0 radical (unpaired) electrons. The summed E-state index contributed by atoms with van der Waals surface area (Å²) in [5.74, 6) is 0.0807. The molecule has 0 aliphatic carbocycles. The van der Waals surface area contributed by atoms with Gasteiger partial charge in [0.25, 0.3) is 0 Å². The second kappa shape index (κ2) is 8.63. The number of nitrogens with one attached hydrogen (secondary N) is 1. The van der Waals surface area contributed by atoms with E-state index in [0.717, 1.165) is 5.56 Å². The Kier molecular flexibility index (Phi) is 6.53. The summed E-state index contributed by atoms with van der Waals surface area (Å²) in [5, 5.41) is 21.5. The van der Waals surface area contributed by atoms with Gasteiger partial charge in [-0.1, -0.05) is 19.9 Å². The van der Waals surface area contributed by atoms with Crippen LogP contribution >= 0.6 is 12.6 Å². The van der Waals surface area contributed by atoms with Crippen molar-refractivity contribution in [3.63, 3.8) is 0 Å². The van der Waals surface area contributed by atoms with Gasteiger partial charge in [0.15, 0.2) is 6.04 Å².